The molecule has 0 saturated carbocycles. The quantitative estimate of drug-likeness (QED) is 0.633. The van der Waals surface area contributed by atoms with Crippen LogP contribution in [0.4, 0.5) is 0 Å². The minimum atomic E-state index is -3.60. The molecule has 8 heteroatoms. The zero-order valence-corrected chi connectivity index (χ0v) is 9.87. The van der Waals surface area contributed by atoms with Crippen molar-refractivity contribution in [3.05, 3.63) is 0 Å². The molecule has 1 heterocycles. The van der Waals surface area contributed by atoms with Crippen molar-refractivity contribution in [3.63, 3.8) is 0 Å². The zero-order chi connectivity index (χ0) is 12.2. The van der Waals surface area contributed by atoms with Crippen LogP contribution in [-0.4, -0.2) is 56.6 Å². The van der Waals surface area contributed by atoms with Crippen molar-refractivity contribution < 1.29 is 23.1 Å². The van der Waals surface area contributed by atoms with E-state index in [9.17, 15) is 13.2 Å². The van der Waals surface area contributed by atoms with Crippen LogP contribution in [0.3, 0.4) is 0 Å². The molecule has 0 radical (unpaired) electrons. The SMILES string of the molecule is CN(CCC(=O)O)S(=O)(=O)NC1CCOC1. The molecule has 1 aliphatic rings. The Hall–Kier alpha value is -0.700. The molecular formula is C8H16N2O5S. The number of aliphatic carboxylic acids is 1. The Morgan fingerprint density at radius 1 is 1.62 bits per heavy atom. The van der Waals surface area contributed by atoms with Gasteiger partial charge in [0.2, 0.25) is 0 Å². The van der Waals surface area contributed by atoms with E-state index in [1.807, 2.05) is 0 Å². The number of rotatable bonds is 6. The molecule has 1 atom stereocenters. The summed E-state index contributed by atoms with van der Waals surface area (Å²) in [6.45, 7) is 0.871. The minimum Gasteiger partial charge on any atom is -0.481 e. The molecule has 0 aromatic rings. The van der Waals surface area contributed by atoms with Crippen molar-refractivity contribution in [3.8, 4) is 0 Å². The number of carboxylic acids is 1. The topological polar surface area (TPSA) is 95.9 Å². The highest BCUT2D eigenvalue weighted by Gasteiger charge is 2.25. The van der Waals surface area contributed by atoms with Crippen molar-refractivity contribution in [2.45, 2.75) is 18.9 Å². The molecule has 0 bridgehead atoms. The lowest BCUT2D eigenvalue weighted by atomic mass is 10.3. The maximum Gasteiger partial charge on any atom is 0.304 e. The van der Waals surface area contributed by atoms with Crippen LogP contribution in [-0.2, 0) is 19.7 Å². The summed E-state index contributed by atoms with van der Waals surface area (Å²) in [4.78, 5) is 10.3. The first-order chi connectivity index (χ1) is 7.42. The Morgan fingerprint density at radius 2 is 2.31 bits per heavy atom. The van der Waals surface area contributed by atoms with Crippen molar-refractivity contribution in [2.24, 2.45) is 0 Å². The molecule has 1 rings (SSSR count). The van der Waals surface area contributed by atoms with Crippen LogP contribution in [0.15, 0.2) is 0 Å². The molecule has 0 aliphatic carbocycles. The highest BCUT2D eigenvalue weighted by atomic mass is 32.2. The Labute approximate surface area is 94.6 Å². The number of nitrogens with zero attached hydrogens (tertiary/aromatic N) is 1. The van der Waals surface area contributed by atoms with Crippen molar-refractivity contribution >= 4 is 16.2 Å². The monoisotopic (exact) mass is 252 g/mol. The van der Waals surface area contributed by atoms with Gasteiger partial charge in [-0.15, -0.1) is 0 Å². The second kappa shape index (κ2) is 5.58. The number of carboxylic acid groups (broad SMARTS) is 1. The van der Waals surface area contributed by atoms with E-state index in [-0.39, 0.29) is 19.0 Å². The third-order valence-corrected chi connectivity index (χ3v) is 3.93. The lowest BCUT2D eigenvalue weighted by Crippen LogP contribution is -2.44. The van der Waals surface area contributed by atoms with Gasteiger partial charge in [-0.3, -0.25) is 4.79 Å². The number of ether oxygens (including phenoxy) is 1. The summed E-state index contributed by atoms with van der Waals surface area (Å²) in [7, 11) is -2.25. The highest BCUT2D eigenvalue weighted by molar-refractivity contribution is 7.87. The van der Waals surface area contributed by atoms with Crippen molar-refractivity contribution in [1.82, 2.24) is 9.03 Å². The molecule has 0 aromatic heterocycles. The summed E-state index contributed by atoms with van der Waals surface area (Å²) in [6.07, 6.45) is 0.435. The van der Waals surface area contributed by atoms with Crippen molar-refractivity contribution in [2.75, 3.05) is 26.8 Å². The standard InChI is InChI=1S/C8H16N2O5S/c1-10(4-2-8(11)12)16(13,14)9-7-3-5-15-6-7/h7,9H,2-6H2,1H3,(H,11,12). The van der Waals surface area contributed by atoms with E-state index < -0.39 is 16.2 Å². The van der Waals surface area contributed by atoms with Crippen LogP contribution in [0.25, 0.3) is 0 Å². The molecule has 0 amide bonds. The Balaban J connectivity index is 2.45. The van der Waals surface area contributed by atoms with Gasteiger partial charge in [0.1, 0.15) is 0 Å². The molecule has 1 fully saturated rings. The molecule has 1 saturated heterocycles. The third-order valence-electron chi connectivity index (χ3n) is 2.30. The van der Waals surface area contributed by atoms with Gasteiger partial charge in [0.05, 0.1) is 13.0 Å². The number of nitrogens with one attached hydrogen (secondary N) is 1. The summed E-state index contributed by atoms with van der Waals surface area (Å²) in [5.41, 5.74) is 0. The summed E-state index contributed by atoms with van der Waals surface area (Å²) in [6, 6.07) is -0.211. The highest BCUT2D eigenvalue weighted by Crippen LogP contribution is 2.06. The van der Waals surface area contributed by atoms with E-state index in [1.165, 1.54) is 7.05 Å². The predicted molar refractivity (Wildman–Crippen MR) is 56.2 cm³/mol. The van der Waals surface area contributed by atoms with E-state index in [1.54, 1.807) is 0 Å². The van der Waals surface area contributed by atoms with Crippen LogP contribution < -0.4 is 4.72 Å². The van der Waals surface area contributed by atoms with Crippen molar-refractivity contribution in [1.29, 1.82) is 0 Å². The van der Waals surface area contributed by atoms with Gasteiger partial charge in [0.15, 0.2) is 0 Å². The Kier molecular flexibility index (Phi) is 4.66. The second-order valence-electron chi connectivity index (χ2n) is 3.65. The number of hydrogen-bond donors (Lipinski definition) is 2. The maximum atomic E-state index is 11.7. The summed E-state index contributed by atoms with van der Waals surface area (Å²) >= 11 is 0. The fraction of sp³-hybridized carbons (Fsp3) is 0.875. The molecule has 16 heavy (non-hydrogen) atoms. The minimum absolute atomic E-state index is 0.0434. The van der Waals surface area contributed by atoms with Gasteiger partial charge in [-0.25, -0.2) is 0 Å². The molecule has 7 nitrogen and oxygen atoms in total. The average molecular weight is 252 g/mol. The number of hydrogen-bond acceptors (Lipinski definition) is 4. The lowest BCUT2D eigenvalue weighted by molar-refractivity contribution is -0.137. The number of carbonyl (C=O) groups is 1. The zero-order valence-electron chi connectivity index (χ0n) is 9.05. The van der Waals surface area contributed by atoms with Crippen LogP contribution in [0, 0.1) is 0 Å². The molecule has 94 valence electrons. The predicted octanol–water partition coefficient (Wildman–Crippen LogP) is -0.984. The molecule has 1 unspecified atom stereocenters. The lowest BCUT2D eigenvalue weighted by Gasteiger charge is -2.19. The van der Waals surface area contributed by atoms with E-state index in [2.05, 4.69) is 4.72 Å². The molecule has 1 aliphatic heterocycles. The summed E-state index contributed by atoms with van der Waals surface area (Å²) in [5, 5.41) is 8.45. The van der Waals surface area contributed by atoms with Gasteiger partial charge in [0, 0.05) is 26.2 Å². The largest absolute Gasteiger partial charge is 0.481 e. The van der Waals surface area contributed by atoms with Gasteiger partial charge in [-0.05, 0) is 6.42 Å². The first-order valence-corrected chi connectivity index (χ1v) is 6.39. The summed E-state index contributed by atoms with van der Waals surface area (Å²) < 4.78 is 31.8. The normalized spacial score (nSPS) is 21.5. The first-order valence-electron chi connectivity index (χ1n) is 4.95. The van der Waals surface area contributed by atoms with E-state index in [0.29, 0.717) is 19.6 Å². The fourth-order valence-corrected chi connectivity index (χ4v) is 2.42. The second-order valence-corrected chi connectivity index (χ2v) is 5.46. The van der Waals surface area contributed by atoms with Crippen LogP contribution in [0.2, 0.25) is 0 Å². The molecule has 0 spiro atoms. The van der Waals surface area contributed by atoms with E-state index >= 15 is 0 Å². The smallest absolute Gasteiger partial charge is 0.304 e. The summed E-state index contributed by atoms with van der Waals surface area (Å²) in [5.74, 6) is -1.02. The maximum absolute atomic E-state index is 11.7. The average Bonchev–Trinajstić information content (AvgIpc) is 2.65. The van der Waals surface area contributed by atoms with Gasteiger partial charge < -0.3 is 9.84 Å². The van der Waals surface area contributed by atoms with Gasteiger partial charge in [-0.1, -0.05) is 0 Å². The Morgan fingerprint density at radius 3 is 2.81 bits per heavy atom. The fourth-order valence-electron chi connectivity index (χ4n) is 1.30. The van der Waals surface area contributed by atoms with Crippen LogP contribution >= 0.6 is 0 Å². The van der Waals surface area contributed by atoms with E-state index in [4.69, 9.17) is 9.84 Å². The van der Waals surface area contributed by atoms with Gasteiger partial charge in [-0.2, -0.15) is 17.4 Å². The van der Waals surface area contributed by atoms with Gasteiger partial charge >= 0.3 is 5.97 Å². The van der Waals surface area contributed by atoms with Crippen LogP contribution in [0.1, 0.15) is 12.8 Å². The molecular weight excluding hydrogens is 236 g/mol. The molecule has 2 N–H and O–H groups in total. The Bertz CT molecular complexity index is 336. The third kappa shape index (κ3) is 4.05. The van der Waals surface area contributed by atoms with Crippen LogP contribution in [0.5, 0.6) is 0 Å². The van der Waals surface area contributed by atoms with Gasteiger partial charge in [0.25, 0.3) is 10.2 Å². The molecule has 0 aromatic carbocycles. The first kappa shape index (κ1) is 13.4. The van der Waals surface area contributed by atoms with E-state index in [0.717, 1.165) is 4.31 Å².